The fourth-order valence-corrected chi connectivity index (χ4v) is 1.86. The largest absolute Gasteiger partial charge is 0.465 e. The van der Waals surface area contributed by atoms with Crippen LogP contribution in [0.1, 0.15) is 21.6 Å². The van der Waals surface area contributed by atoms with Gasteiger partial charge in [0, 0.05) is 11.2 Å². The van der Waals surface area contributed by atoms with Crippen LogP contribution < -0.4 is 5.43 Å². The Morgan fingerprint density at radius 3 is 2.79 bits per heavy atom. The molecule has 0 aliphatic carbocycles. The first kappa shape index (κ1) is 17.7. The summed E-state index contributed by atoms with van der Waals surface area (Å²) >= 11 is 5.80. The highest BCUT2D eigenvalue weighted by Crippen LogP contribution is 2.31. The maximum Gasteiger partial charge on any atom is 0.434 e. The van der Waals surface area contributed by atoms with Crippen molar-refractivity contribution >= 4 is 29.7 Å². The number of ether oxygens (including phenoxy) is 1. The molecule has 0 radical (unpaired) electrons. The third-order valence-corrected chi connectivity index (χ3v) is 2.92. The Morgan fingerprint density at radius 1 is 1.42 bits per heavy atom. The Hall–Kier alpha value is -2.68. The molecule has 1 N–H and O–H groups in total. The van der Waals surface area contributed by atoms with Crippen LogP contribution in [0, 0.1) is 0 Å². The summed E-state index contributed by atoms with van der Waals surface area (Å²) < 4.78 is 43.2. The molecule has 0 spiro atoms. The average Bonchev–Trinajstić information content (AvgIpc) is 2.53. The molecule has 0 aliphatic heterocycles. The first-order chi connectivity index (χ1) is 11.3. The summed E-state index contributed by atoms with van der Waals surface area (Å²) in [6.07, 6.45) is -2.80. The second-order valence-corrected chi connectivity index (χ2v) is 4.81. The van der Waals surface area contributed by atoms with Gasteiger partial charge in [0.2, 0.25) is 5.95 Å². The van der Waals surface area contributed by atoms with Crippen LogP contribution in [-0.2, 0) is 10.9 Å². The zero-order valence-electron chi connectivity index (χ0n) is 12.1. The molecule has 126 valence electrons. The van der Waals surface area contributed by atoms with Crippen molar-refractivity contribution in [2.75, 3.05) is 12.5 Å². The van der Waals surface area contributed by atoms with E-state index in [1.165, 1.54) is 6.21 Å². The molecular weight excluding hydrogens is 349 g/mol. The van der Waals surface area contributed by atoms with E-state index in [0.717, 1.165) is 13.3 Å². The van der Waals surface area contributed by atoms with E-state index in [0.29, 0.717) is 10.6 Å². The topological polar surface area (TPSA) is 76.5 Å². The first-order valence-corrected chi connectivity index (χ1v) is 6.76. The Bertz CT molecular complexity index is 781. The van der Waals surface area contributed by atoms with Gasteiger partial charge in [0.05, 0.1) is 13.3 Å². The van der Waals surface area contributed by atoms with Crippen LogP contribution >= 0.6 is 11.6 Å². The molecule has 0 aliphatic rings. The van der Waals surface area contributed by atoms with Crippen LogP contribution in [0.5, 0.6) is 0 Å². The second-order valence-electron chi connectivity index (χ2n) is 4.37. The maximum absolute atomic E-state index is 13.0. The minimum atomic E-state index is -4.85. The number of anilines is 1. The second kappa shape index (κ2) is 7.26. The molecule has 2 aromatic rings. The number of benzene rings is 1. The van der Waals surface area contributed by atoms with Crippen LogP contribution in [0.15, 0.2) is 35.6 Å². The fourth-order valence-electron chi connectivity index (χ4n) is 1.66. The number of halogens is 4. The number of rotatable bonds is 4. The molecule has 0 saturated heterocycles. The van der Waals surface area contributed by atoms with Crippen molar-refractivity contribution in [3.63, 3.8) is 0 Å². The number of methoxy groups -OCH3 is 1. The number of hydrogen-bond acceptors (Lipinski definition) is 6. The van der Waals surface area contributed by atoms with Gasteiger partial charge in [0.15, 0.2) is 5.69 Å². The summed E-state index contributed by atoms with van der Waals surface area (Å²) in [5, 5.41) is 4.21. The number of hydrogen-bond donors (Lipinski definition) is 1. The van der Waals surface area contributed by atoms with E-state index < -0.39 is 29.4 Å². The summed E-state index contributed by atoms with van der Waals surface area (Å²) in [5.41, 5.74) is 0.688. The van der Waals surface area contributed by atoms with Crippen molar-refractivity contribution in [1.29, 1.82) is 0 Å². The van der Waals surface area contributed by atoms with Gasteiger partial charge in [-0.15, -0.1) is 0 Å². The lowest BCUT2D eigenvalue weighted by molar-refractivity contribution is -0.141. The van der Waals surface area contributed by atoms with E-state index in [-0.39, 0.29) is 0 Å². The lowest BCUT2D eigenvalue weighted by atomic mass is 10.2. The molecule has 0 unspecified atom stereocenters. The number of esters is 1. The zero-order chi connectivity index (χ0) is 17.7. The fraction of sp³-hybridized carbons (Fsp3) is 0.143. The van der Waals surface area contributed by atoms with Crippen LogP contribution in [0.25, 0.3) is 0 Å². The molecule has 0 bridgehead atoms. The Labute approximate surface area is 139 Å². The van der Waals surface area contributed by atoms with E-state index in [9.17, 15) is 18.0 Å². The van der Waals surface area contributed by atoms with Crippen molar-refractivity contribution in [2.45, 2.75) is 6.18 Å². The standard InChI is InChI=1S/C14H10ClF3N4O2/c1-24-12(23)10-7-19-13(21-11(10)14(16,17)18)22-20-6-8-3-2-4-9(15)5-8/h2-7H,1H3,(H,19,21,22)/b20-6-. The van der Waals surface area contributed by atoms with Crippen LogP contribution in [-0.4, -0.2) is 29.3 Å². The number of alkyl halides is 3. The molecule has 0 fully saturated rings. The summed E-state index contributed by atoms with van der Waals surface area (Å²) in [6.45, 7) is 0. The number of nitrogens with one attached hydrogen (secondary N) is 1. The Kier molecular flexibility index (Phi) is 5.35. The predicted octanol–water partition coefficient (Wildman–Crippen LogP) is 3.38. The third-order valence-electron chi connectivity index (χ3n) is 2.69. The number of nitrogens with zero attached hydrogens (tertiary/aromatic N) is 3. The van der Waals surface area contributed by atoms with Gasteiger partial charge in [0.1, 0.15) is 5.56 Å². The summed E-state index contributed by atoms with van der Waals surface area (Å²) in [5.74, 6) is -1.61. The van der Waals surface area contributed by atoms with Crippen molar-refractivity contribution in [3.05, 3.63) is 52.3 Å². The summed E-state index contributed by atoms with van der Waals surface area (Å²) in [7, 11) is 0.962. The molecule has 0 saturated carbocycles. The number of hydrazone groups is 1. The van der Waals surface area contributed by atoms with Crippen molar-refractivity contribution in [1.82, 2.24) is 9.97 Å². The number of carbonyl (C=O) groups excluding carboxylic acids is 1. The van der Waals surface area contributed by atoms with Gasteiger partial charge in [0.25, 0.3) is 0 Å². The average molecular weight is 359 g/mol. The molecule has 0 amide bonds. The van der Waals surface area contributed by atoms with E-state index >= 15 is 0 Å². The summed E-state index contributed by atoms with van der Waals surface area (Å²) in [6, 6.07) is 6.65. The van der Waals surface area contributed by atoms with Gasteiger partial charge in [-0.3, -0.25) is 0 Å². The monoisotopic (exact) mass is 358 g/mol. The van der Waals surface area contributed by atoms with Gasteiger partial charge in [-0.05, 0) is 17.7 Å². The van der Waals surface area contributed by atoms with Gasteiger partial charge in [-0.1, -0.05) is 23.7 Å². The third kappa shape index (κ3) is 4.42. The lowest BCUT2D eigenvalue weighted by Crippen LogP contribution is -2.18. The molecule has 1 aromatic heterocycles. The molecule has 2 rings (SSSR count). The van der Waals surface area contributed by atoms with Gasteiger partial charge >= 0.3 is 12.1 Å². The van der Waals surface area contributed by atoms with Crippen LogP contribution in [0.4, 0.5) is 19.1 Å². The molecule has 6 nitrogen and oxygen atoms in total. The molecule has 24 heavy (non-hydrogen) atoms. The lowest BCUT2D eigenvalue weighted by Gasteiger charge is -2.10. The zero-order valence-corrected chi connectivity index (χ0v) is 12.9. The van der Waals surface area contributed by atoms with E-state index in [2.05, 4.69) is 25.2 Å². The smallest absolute Gasteiger partial charge is 0.434 e. The predicted molar refractivity (Wildman–Crippen MR) is 81.0 cm³/mol. The van der Waals surface area contributed by atoms with E-state index in [4.69, 9.17) is 11.6 Å². The quantitative estimate of drug-likeness (QED) is 0.515. The van der Waals surface area contributed by atoms with Crippen molar-refractivity contribution in [2.24, 2.45) is 5.10 Å². The first-order valence-electron chi connectivity index (χ1n) is 6.38. The molecule has 1 aromatic carbocycles. The Balaban J connectivity index is 2.24. The highest BCUT2D eigenvalue weighted by atomic mass is 35.5. The SMILES string of the molecule is COC(=O)c1cnc(N/N=C\c2cccc(Cl)c2)nc1C(F)(F)F. The summed E-state index contributed by atoms with van der Waals surface area (Å²) in [4.78, 5) is 18.2. The van der Waals surface area contributed by atoms with E-state index in [1.54, 1.807) is 24.3 Å². The van der Waals surface area contributed by atoms with E-state index in [1.807, 2.05) is 0 Å². The normalized spacial score (nSPS) is 11.5. The van der Waals surface area contributed by atoms with Crippen molar-refractivity contribution < 1.29 is 22.7 Å². The van der Waals surface area contributed by atoms with Crippen LogP contribution in [0.2, 0.25) is 5.02 Å². The molecular formula is C14H10ClF3N4O2. The van der Waals surface area contributed by atoms with Gasteiger partial charge in [-0.2, -0.15) is 18.3 Å². The molecule has 0 atom stereocenters. The minimum Gasteiger partial charge on any atom is -0.465 e. The highest BCUT2D eigenvalue weighted by molar-refractivity contribution is 6.30. The maximum atomic E-state index is 13.0. The van der Waals surface area contributed by atoms with Gasteiger partial charge in [-0.25, -0.2) is 20.2 Å². The number of aromatic nitrogens is 2. The molecule has 10 heteroatoms. The number of carbonyl (C=O) groups is 1. The Morgan fingerprint density at radius 2 is 2.17 bits per heavy atom. The minimum absolute atomic E-state index is 0.423. The van der Waals surface area contributed by atoms with Crippen LogP contribution in [0.3, 0.4) is 0 Å². The molecule has 1 heterocycles. The van der Waals surface area contributed by atoms with Crippen molar-refractivity contribution in [3.8, 4) is 0 Å². The van der Waals surface area contributed by atoms with Gasteiger partial charge < -0.3 is 4.74 Å². The highest BCUT2D eigenvalue weighted by Gasteiger charge is 2.38.